The Morgan fingerprint density at radius 3 is 2.51 bits per heavy atom. The van der Waals surface area contributed by atoms with E-state index in [-0.39, 0.29) is 27.2 Å². The summed E-state index contributed by atoms with van der Waals surface area (Å²) in [5.74, 6) is -0.798. The number of benzene rings is 3. The molecule has 0 radical (unpaired) electrons. The Kier molecular flexibility index (Phi) is 6.91. The van der Waals surface area contributed by atoms with Gasteiger partial charge in [0, 0.05) is 0 Å². The number of hydrogen-bond acceptors (Lipinski definition) is 4. The fourth-order valence-corrected chi connectivity index (χ4v) is 4.39. The average molecular weight is 518 g/mol. The lowest BCUT2D eigenvalue weighted by Crippen LogP contribution is -2.23. The number of anilines is 1. The van der Waals surface area contributed by atoms with Gasteiger partial charge in [0.05, 0.1) is 38.6 Å². The van der Waals surface area contributed by atoms with Crippen molar-refractivity contribution in [3.05, 3.63) is 92.7 Å². The van der Waals surface area contributed by atoms with E-state index in [0.29, 0.717) is 16.6 Å². The summed E-state index contributed by atoms with van der Waals surface area (Å²) >= 11 is 6.98. The molecule has 0 aliphatic rings. The van der Waals surface area contributed by atoms with E-state index >= 15 is 0 Å². The van der Waals surface area contributed by atoms with E-state index in [2.05, 4.69) is 10.3 Å². The fraction of sp³-hybridized carbons (Fsp3) is 0.160. The van der Waals surface area contributed by atoms with Crippen LogP contribution in [-0.4, -0.2) is 21.2 Å². The molecule has 0 unspecified atom stereocenters. The lowest BCUT2D eigenvalue weighted by molar-refractivity contribution is -0.137. The van der Waals surface area contributed by atoms with Crippen molar-refractivity contribution in [3.8, 4) is 5.69 Å². The predicted molar refractivity (Wildman–Crippen MR) is 133 cm³/mol. The highest BCUT2D eigenvalue weighted by Crippen LogP contribution is 2.34. The summed E-state index contributed by atoms with van der Waals surface area (Å²) in [4.78, 5) is 30.5. The first-order valence-electron chi connectivity index (χ1n) is 10.4. The molecular formula is C25H19ClF3N3O2S. The van der Waals surface area contributed by atoms with E-state index in [4.69, 9.17) is 11.6 Å². The molecule has 0 bridgehead atoms. The molecule has 0 fully saturated rings. The molecule has 0 spiro atoms. The Morgan fingerprint density at radius 2 is 1.80 bits per heavy atom. The molecule has 35 heavy (non-hydrogen) atoms. The average Bonchev–Trinajstić information content (AvgIpc) is 2.80. The van der Waals surface area contributed by atoms with Crippen LogP contribution in [0.5, 0.6) is 0 Å². The van der Waals surface area contributed by atoms with Gasteiger partial charge in [0.25, 0.3) is 5.56 Å². The number of nitrogens with one attached hydrogen (secondary N) is 1. The second kappa shape index (κ2) is 9.75. The highest BCUT2D eigenvalue weighted by atomic mass is 35.5. The van der Waals surface area contributed by atoms with Gasteiger partial charge < -0.3 is 5.32 Å². The Labute approximate surface area is 207 Å². The summed E-state index contributed by atoms with van der Waals surface area (Å²) in [5, 5.41) is 3.10. The first-order valence-corrected chi connectivity index (χ1v) is 11.8. The third-order valence-corrected chi connectivity index (χ3v) is 6.66. The van der Waals surface area contributed by atoms with Crippen LogP contribution < -0.4 is 10.9 Å². The highest BCUT2D eigenvalue weighted by molar-refractivity contribution is 7.99. The van der Waals surface area contributed by atoms with Crippen LogP contribution in [0.2, 0.25) is 5.02 Å². The summed E-state index contributed by atoms with van der Waals surface area (Å²) in [6, 6.07) is 15.1. The largest absolute Gasteiger partial charge is 0.416 e. The monoisotopic (exact) mass is 517 g/mol. The zero-order valence-corrected chi connectivity index (χ0v) is 20.2. The highest BCUT2D eigenvalue weighted by Gasteiger charge is 2.31. The number of thioether (sulfide) groups is 1. The number of nitrogens with zero attached hydrogens (tertiary/aromatic N) is 2. The first-order chi connectivity index (χ1) is 16.5. The van der Waals surface area contributed by atoms with Gasteiger partial charge in [-0.15, -0.1) is 0 Å². The third-order valence-electron chi connectivity index (χ3n) is 5.39. The smallest absolute Gasteiger partial charge is 0.324 e. The number of aromatic nitrogens is 2. The molecule has 5 nitrogen and oxygen atoms in total. The summed E-state index contributed by atoms with van der Waals surface area (Å²) < 4.78 is 40.5. The van der Waals surface area contributed by atoms with E-state index in [1.807, 2.05) is 26.0 Å². The lowest BCUT2D eigenvalue weighted by atomic mass is 10.1. The van der Waals surface area contributed by atoms with E-state index in [0.717, 1.165) is 41.1 Å². The van der Waals surface area contributed by atoms with Gasteiger partial charge in [0.15, 0.2) is 5.16 Å². The number of rotatable bonds is 5. The van der Waals surface area contributed by atoms with Crippen LogP contribution in [0.4, 0.5) is 18.9 Å². The minimum absolute atomic E-state index is 0.0211. The van der Waals surface area contributed by atoms with Crippen LogP contribution in [0.15, 0.2) is 70.6 Å². The van der Waals surface area contributed by atoms with Gasteiger partial charge in [-0.2, -0.15) is 13.2 Å². The van der Waals surface area contributed by atoms with Crippen molar-refractivity contribution < 1.29 is 18.0 Å². The van der Waals surface area contributed by atoms with E-state index in [1.54, 1.807) is 30.3 Å². The topological polar surface area (TPSA) is 64.0 Å². The van der Waals surface area contributed by atoms with Gasteiger partial charge in [-0.25, -0.2) is 4.98 Å². The molecule has 3 aromatic carbocycles. The standard InChI is InChI=1S/C25H19ClF3N3O2S/c1-14-7-9-17(11-15(14)2)32-23(34)18-5-3-4-6-20(18)31-24(32)35-13-22(33)30-21-12-16(25(27,28)29)8-10-19(21)26/h3-12H,13H2,1-2H3,(H,30,33). The molecule has 4 rings (SSSR count). The van der Waals surface area contributed by atoms with Crippen molar-refractivity contribution in [2.45, 2.75) is 25.2 Å². The molecule has 180 valence electrons. The number of carbonyl (C=O) groups excluding carboxylic acids is 1. The second-order valence-electron chi connectivity index (χ2n) is 7.85. The third kappa shape index (κ3) is 5.36. The maximum Gasteiger partial charge on any atom is 0.416 e. The van der Waals surface area contributed by atoms with Crippen LogP contribution in [-0.2, 0) is 11.0 Å². The summed E-state index contributed by atoms with van der Waals surface area (Å²) in [5.41, 5.74) is 1.75. The van der Waals surface area contributed by atoms with Gasteiger partial charge >= 0.3 is 6.18 Å². The Hall–Kier alpha value is -3.30. The number of carbonyl (C=O) groups is 1. The lowest BCUT2D eigenvalue weighted by Gasteiger charge is -2.15. The van der Waals surface area contributed by atoms with Crippen LogP contribution >= 0.6 is 23.4 Å². The molecule has 0 aliphatic carbocycles. The summed E-state index contributed by atoms with van der Waals surface area (Å²) in [7, 11) is 0. The van der Waals surface area contributed by atoms with E-state index in [1.165, 1.54) is 4.57 Å². The number of fused-ring (bicyclic) bond motifs is 1. The van der Waals surface area contributed by atoms with Gasteiger partial charge in [0.2, 0.25) is 5.91 Å². The summed E-state index contributed by atoms with van der Waals surface area (Å²) in [6.45, 7) is 3.89. The number of alkyl halides is 3. The van der Waals surface area contributed by atoms with Crippen molar-refractivity contribution in [1.82, 2.24) is 9.55 Å². The van der Waals surface area contributed by atoms with Gasteiger partial charge in [0.1, 0.15) is 0 Å². The molecule has 0 aliphatic heterocycles. The van der Waals surface area contributed by atoms with Crippen LogP contribution in [0, 0.1) is 13.8 Å². The SMILES string of the molecule is Cc1ccc(-n2c(SCC(=O)Nc3cc(C(F)(F)F)ccc3Cl)nc3ccccc3c2=O)cc1C. The zero-order chi connectivity index (χ0) is 25.3. The molecule has 1 N–H and O–H groups in total. The summed E-state index contributed by atoms with van der Waals surface area (Å²) in [6.07, 6.45) is -4.57. The van der Waals surface area contributed by atoms with Crippen molar-refractivity contribution in [1.29, 1.82) is 0 Å². The maximum atomic E-state index is 13.3. The number of halogens is 4. The molecule has 0 saturated heterocycles. The molecule has 0 saturated carbocycles. The molecule has 1 amide bonds. The number of hydrogen-bond donors (Lipinski definition) is 1. The molecular weight excluding hydrogens is 499 g/mol. The van der Waals surface area contributed by atoms with Gasteiger partial charge in [-0.1, -0.05) is 41.6 Å². The first kappa shape index (κ1) is 24.8. The molecule has 1 heterocycles. The molecule has 1 aromatic heterocycles. The van der Waals surface area contributed by atoms with Crippen molar-refractivity contribution >= 4 is 45.9 Å². The Bertz CT molecular complexity index is 1500. The van der Waals surface area contributed by atoms with E-state index < -0.39 is 17.6 Å². The van der Waals surface area contributed by atoms with Gasteiger partial charge in [-0.3, -0.25) is 14.2 Å². The van der Waals surface area contributed by atoms with Crippen LogP contribution in [0.3, 0.4) is 0 Å². The van der Waals surface area contributed by atoms with Crippen LogP contribution in [0.25, 0.3) is 16.6 Å². The number of para-hydroxylation sites is 1. The maximum absolute atomic E-state index is 13.3. The quantitative estimate of drug-likeness (QED) is 0.245. The molecule has 4 aromatic rings. The normalized spacial score (nSPS) is 11.6. The minimum Gasteiger partial charge on any atom is -0.324 e. The fourth-order valence-electron chi connectivity index (χ4n) is 3.42. The molecule has 10 heteroatoms. The second-order valence-corrected chi connectivity index (χ2v) is 9.20. The van der Waals surface area contributed by atoms with Gasteiger partial charge in [-0.05, 0) is 67.4 Å². The zero-order valence-electron chi connectivity index (χ0n) is 18.6. The van der Waals surface area contributed by atoms with Crippen molar-refractivity contribution in [3.63, 3.8) is 0 Å². The number of amides is 1. The number of aryl methyl sites for hydroxylation is 2. The van der Waals surface area contributed by atoms with Crippen molar-refractivity contribution in [2.24, 2.45) is 0 Å². The molecule has 0 atom stereocenters. The predicted octanol–water partition coefficient (Wildman–Crippen LogP) is 6.41. The van der Waals surface area contributed by atoms with Crippen molar-refractivity contribution in [2.75, 3.05) is 11.1 Å². The Morgan fingerprint density at radius 1 is 1.06 bits per heavy atom. The minimum atomic E-state index is -4.57. The van der Waals surface area contributed by atoms with E-state index in [9.17, 15) is 22.8 Å². The Balaban J connectivity index is 1.66. The van der Waals surface area contributed by atoms with Crippen LogP contribution in [0.1, 0.15) is 16.7 Å².